The summed E-state index contributed by atoms with van der Waals surface area (Å²) in [5.74, 6) is -1.55. The second kappa shape index (κ2) is 4.53. The van der Waals surface area contributed by atoms with Crippen LogP contribution in [-0.2, 0) is 0 Å². The van der Waals surface area contributed by atoms with E-state index in [1.165, 1.54) is 0 Å². The fourth-order valence-electron chi connectivity index (χ4n) is 1.94. The Balaban J connectivity index is 2.36. The highest BCUT2D eigenvalue weighted by Crippen LogP contribution is 2.25. The quantitative estimate of drug-likeness (QED) is 0.756. The van der Waals surface area contributed by atoms with Crippen LogP contribution in [0.15, 0.2) is 0 Å². The van der Waals surface area contributed by atoms with Crippen molar-refractivity contribution in [1.82, 2.24) is 4.90 Å². The first-order chi connectivity index (χ1) is 6.44. The van der Waals surface area contributed by atoms with Gasteiger partial charge >= 0.3 is 0 Å². The summed E-state index contributed by atoms with van der Waals surface area (Å²) in [4.78, 5) is 1.83. The Bertz CT molecular complexity index is 183. The first-order valence-electron chi connectivity index (χ1n) is 5.25. The molecular formula is C10H20F2N2. The van der Waals surface area contributed by atoms with E-state index in [-0.39, 0.29) is 6.54 Å². The molecule has 4 heteroatoms. The van der Waals surface area contributed by atoms with Gasteiger partial charge in [0.05, 0.1) is 13.1 Å². The van der Waals surface area contributed by atoms with Gasteiger partial charge in [-0.25, -0.2) is 8.78 Å². The zero-order chi connectivity index (χ0) is 10.8. The van der Waals surface area contributed by atoms with Crippen LogP contribution in [0.4, 0.5) is 8.78 Å². The van der Waals surface area contributed by atoms with E-state index in [1.54, 1.807) is 0 Å². The van der Waals surface area contributed by atoms with Crippen molar-refractivity contribution in [3.8, 4) is 0 Å². The predicted molar refractivity (Wildman–Crippen MR) is 53.4 cm³/mol. The SMILES string of the molecule is CC(C)C1CCN(CC(F)(F)CN)C1. The van der Waals surface area contributed by atoms with Crippen molar-refractivity contribution in [2.45, 2.75) is 26.2 Å². The molecular weight excluding hydrogens is 186 g/mol. The molecule has 1 aliphatic heterocycles. The van der Waals surface area contributed by atoms with Crippen molar-refractivity contribution < 1.29 is 8.78 Å². The van der Waals surface area contributed by atoms with Gasteiger partial charge in [0.15, 0.2) is 0 Å². The van der Waals surface area contributed by atoms with E-state index in [2.05, 4.69) is 13.8 Å². The van der Waals surface area contributed by atoms with Gasteiger partial charge in [-0.3, -0.25) is 4.90 Å². The van der Waals surface area contributed by atoms with E-state index in [0.29, 0.717) is 11.8 Å². The molecule has 14 heavy (non-hydrogen) atoms. The van der Waals surface area contributed by atoms with Crippen LogP contribution in [0.5, 0.6) is 0 Å². The average molecular weight is 206 g/mol. The molecule has 1 fully saturated rings. The van der Waals surface area contributed by atoms with Gasteiger partial charge in [-0.1, -0.05) is 13.8 Å². The smallest absolute Gasteiger partial charge is 0.272 e. The molecule has 0 aromatic heterocycles. The Hall–Kier alpha value is -0.220. The lowest BCUT2D eigenvalue weighted by Gasteiger charge is -2.22. The summed E-state index contributed by atoms with van der Waals surface area (Å²) in [5.41, 5.74) is 5.00. The predicted octanol–water partition coefficient (Wildman–Crippen LogP) is 1.56. The third-order valence-corrected chi connectivity index (χ3v) is 3.01. The second-order valence-corrected chi connectivity index (χ2v) is 4.59. The highest BCUT2D eigenvalue weighted by molar-refractivity contribution is 4.82. The topological polar surface area (TPSA) is 29.3 Å². The lowest BCUT2D eigenvalue weighted by atomic mass is 9.95. The van der Waals surface area contributed by atoms with Crippen molar-refractivity contribution in [3.63, 3.8) is 0 Å². The van der Waals surface area contributed by atoms with Crippen LogP contribution in [0, 0.1) is 11.8 Å². The van der Waals surface area contributed by atoms with Crippen molar-refractivity contribution in [2.24, 2.45) is 17.6 Å². The summed E-state index contributed by atoms with van der Waals surface area (Å²) < 4.78 is 25.9. The molecule has 0 spiro atoms. The van der Waals surface area contributed by atoms with Crippen molar-refractivity contribution in [3.05, 3.63) is 0 Å². The number of hydrogen-bond acceptors (Lipinski definition) is 2. The fraction of sp³-hybridized carbons (Fsp3) is 1.00. The van der Waals surface area contributed by atoms with E-state index in [0.717, 1.165) is 19.5 Å². The van der Waals surface area contributed by atoms with Crippen molar-refractivity contribution in [1.29, 1.82) is 0 Å². The zero-order valence-electron chi connectivity index (χ0n) is 8.97. The van der Waals surface area contributed by atoms with Gasteiger partial charge in [0.2, 0.25) is 0 Å². The molecule has 1 aliphatic rings. The summed E-state index contributed by atoms with van der Waals surface area (Å²) in [6.45, 7) is 5.17. The van der Waals surface area contributed by atoms with Crippen molar-refractivity contribution >= 4 is 0 Å². The molecule has 0 aromatic rings. The van der Waals surface area contributed by atoms with Gasteiger partial charge in [0.1, 0.15) is 0 Å². The summed E-state index contributed by atoms with van der Waals surface area (Å²) in [6.07, 6.45) is 1.04. The van der Waals surface area contributed by atoms with Crippen LogP contribution < -0.4 is 5.73 Å². The normalized spacial score (nSPS) is 24.9. The van der Waals surface area contributed by atoms with E-state index < -0.39 is 12.5 Å². The van der Waals surface area contributed by atoms with Gasteiger partial charge in [0.25, 0.3) is 5.92 Å². The number of hydrogen-bond donors (Lipinski definition) is 1. The molecule has 0 amide bonds. The monoisotopic (exact) mass is 206 g/mol. The standard InChI is InChI=1S/C10H20F2N2/c1-8(2)9-3-4-14(5-9)7-10(11,12)6-13/h8-9H,3-7,13H2,1-2H3. The molecule has 1 atom stereocenters. The second-order valence-electron chi connectivity index (χ2n) is 4.59. The van der Waals surface area contributed by atoms with Gasteiger partial charge in [-0.2, -0.15) is 0 Å². The van der Waals surface area contributed by atoms with Crippen LogP contribution in [0.2, 0.25) is 0 Å². The highest BCUT2D eigenvalue weighted by atomic mass is 19.3. The molecule has 0 bridgehead atoms. The summed E-state index contributed by atoms with van der Waals surface area (Å²) in [6, 6.07) is 0. The minimum atomic E-state index is -2.72. The first-order valence-corrected chi connectivity index (χ1v) is 5.25. The summed E-state index contributed by atoms with van der Waals surface area (Å²) in [7, 11) is 0. The Kier molecular flexibility index (Phi) is 3.84. The van der Waals surface area contributed by atoms with Crippen LogP contribution in [-0.4, -0.2) is 37.0 Å². The molecule has 0 saturated carbocycles. The van der Waals surface area contributed by atoms with Crippen LogP contribution in [0.3, 0.4) is 0 Å². The lowest BCUT2D eigenvalue weighted by molar-refractivity contribution is -0.0191. The van der Waals surface area contributed by atoms with Crippen molar-refractivity contribution in [2.75, 3.05) is 26.2 Å². The summed E-state index contributed by atoms with van der Waals surface area (Å²) >= 11 is 0. The van der Waals surface area contributed by atoms with Gasteiger partial charge in [-0.05, 0) is 24.8 Å². The Morgan fingerprint density at radius 2 is 2.14 bits per heavy atom. The number of nitrogens with two attached hydrogens (primary N) is 1. The third kappa shape index (κ3) is 3.17. The molecule has 0 aromatic carbocycles. The molecule has 84 valence electrons. The van der Waals surface area contributed by atoms with E-state index in [1.807, 2.05) is 4.90 Å². The summed E-state index contributed by atoms with van der Waals surface area (Å²) in [5, 5.41) is 0. The molecule has 2 N–H and O–H groups in total. The molecule has 1 heterocycles. The fourth-order valence-corrected chi connectivity index (χ4v) is 1.94. The minimum Gasteiger partial charge on any atom is -0.325 e. The molecule has 0 aliphatic carbocycles. The van der Waals surface area contributed by atoms with Crippen LogP contribution >= 0.6 is 0 Å². The lowest BCUT2D eigenvalue weighted by Crippen LogP contribution is -2.41. The maximum Gasteiger partial charge on any atom is 0.272 e. The zero-order valence-corrected chi connectivity index (χ0v) is 8.97. The molecule has 2 nitrogen and oxygen atoms in total. The van der Waals surface area contributed by atoms with Gasteiger partial charge < -0.3 is 5.73 Å². The van der Waals surface area contributed by atoms with Gasteiger partial charge in [0, 0.05) is 6.54 Å². The minimum absolute atomic E-state index is 0.174. The number of likely N-dealkylation sites (tertiary alicyclic amines) is 1. The van der Waals surface area contributed by atoms with Crippen LogP contribution in [0.1, 0.15) is 20.3 Å². The highest BCUT2D eigenvalue weighted by Gasteiger charge is 2.34. The maximum atomic E-state index is 13.0. The molecule has 1 saturated heterocycles. The number of rotatable bonds is 4. The van der Waals surface area contributed by atoms with E-state index >= 15 is 0 Å². The molecule has 0 radical (unpaired) electrons. The average Bonchev–Trinajstić information content (AvgIpc) is 2.52. The first kappa shape index (κ1) is 11.9. The molecule has 1 rings (SSSR count). The van der Waals surface area contributed by atoms with E-state index in [9.17, 15) is 8.78 Å². The van der Waals surface area contributed by atoms with Crippen LogP contribution in [0.25, 0.3) is 0 Å². The molecule has 1 unspecified atom stereocenters. The van der Waals surface area contributed by atoms with Gasteiger partial charge in [-0.15, -0.1) is 0 Å². The third-order valence-electron chi connectivity index (χ3n) is 3.01. The number of halogens is 2. The number of nitrogens with zero attached hydrogens (tertiary/aromatic N) is 1. The largest absolute Gasteiger partial charge is 0.325 e. The Morgan fingerprint density at radius 3 is 2.57 bits per heavy atom. The maximum absolute atomic E-state index is 13.0. The van der Waals surface area contributed by atoms with E-state index in [4.69, 9.17) is 5.73 Å². The Labute approximate surface area is 84.4 Å². The number of alkyl halides is 2. The Morgan fingerprint density at radius 1 is 1.50 bits per heavy atom.